The quantitative estimate of drug-likeness (QED) is 0.762. The van der Waals surface area contributed by atoms with Crippen molar-refractivity contribution in [3.63, 3.8) is 0 Å². The SMILES string of the molecule is CCCCS(=O)(=O)N(C)Cc1ccccn1. The predicted octanol–water partition coefficient (Wildman–Crippen LogP) is 1.64. The highest BCUT2D eigenvalue weighted by molar-refractivity contribution is 7.89. The number of hydrogen-bond donors (Lipinski definition) is 0. The van der Waals surface area contributed by atoms with Crippen LogP contribution in [0.3, 0.4) is 0 Å². The molecule has 0 saturated carbocycles. The van der Waals surface area contributed by atoms with Gasteiger partial charge in [-0.1, -0.05) is 19.4 Å². The summed E-state index contributed by atoms with van der Waals surface area (Å²) < 4.78 is 24.9. The first-order chi connectivity index (χ1) is 7.56. The lowest BCUT2D eigenvalue weighted by Crippen LogP contribution is -2.29. The lowest BCUT2D eigenvalue weighted by atomic mass is 10.3. The van der Waals surface area contributed by atoms with Gasteiger partial charge in [-0.2, -0.15) is 4.31 Å². The van der Waals surface area contributed by atoms with E-state index < -0.39 is 10.0 Å². The monoisotopic (exact) mass is 242 g/mol. The van der Waals surface area contributed by atoms with Gasteiger partial charge in [0.1, 0.15) is 0 Å². The van der Waals surface area contributed by atoms with Crippen molar-refractivity contribution in [1.82, 2.24) is 9.29 Å². The highest BCUT2D eigenvalue weighted by Crippen LogP contribution is 2.06. The van der Waals surface area contributed by atoms with Gasteiger partial charge in [0.2, 0.25) is 10.0 Å². The standard InChI is InChI=1S/C11H18N2O2S/c1-3-4-9-16(14,15)13(2)10-11-7-5-6-8-12-11/h5-8H,3-4,9-10H2,1-2H3. The van der Waals surface area contributed by atoms with Crippen LogP contribution in [0.1, 0.15) is 25.5 Å². The molecule has 5 heteroatoms. The van der Waals surface area contributed by atoms with Crippen molar-refractivity contribution in [2.45, 2.75) is 26.3 Å². The Labute approximate surface area is 97.4 Å². The van der Waals surface area contributed by atoms with Gasteiger partial charge >= 0.3 is 0 Å². The van der Waals surface area contributed by atoms with Gasteiger partial charge in [0.05, 0.1) is 18.0 Å². The van der Waals surface area contributed by atoms with Gasteiger partial charge in [0.15, 0.2) is 0 Å². The summed E-state index contributed by atoms with van der Waals surface area (Å²) in [5.41, 5.74) is 0.769. The van der Waals surface area contributed by atoms with E-state index in [2.05, 4.69) is 4.98 Å². The second-order valence-electron chi connectivity index (χ2n) is 3.75. The smallest absolute Gasteiger partial charge is 0.214 e. The maximum absolute atomic E-state index is 11.8. The fourth-order valence-electron chi connectivity index (χ4n) is 1.30. The Morgan fingerprint density at radius 2 is 2.12 bits per heavy atom. The molecule has 0 unspecified atom stereocenters. The summed E-state index contributed by atoms with van der Waals surface area (Å²) in [6.45, 7) is 2.32. The van der Waals surface area contributed by atoms with Gasteiger partial charge in [0, 0.05) is 13.2 Å². The molecule has 1 aromatic rings. The van der Waals surface area contributed by atoms with E-state index in [1.54, 1.807) is 13.2 Å². The molecule has 90 valence electrons. The van der Waals surface area contributed by atoms with Crippen molar-refractivity contribution < 1.29 is 8.42 Å². The lowest BCUT2D eigenvalue weighted by Gasteiger charge is -2.16. The summed E-state index contributed by atoms with van der Waals surface area (Å²) >= 11 is 0. The molecule has 4 nitrogen and oxygen atoms in total. The van der Waals surface area contributed by atoms with Crippen molar-refractivity contribution in [2.24, 2.45) is 0 Å². The molecule has 0 atom stereocenters. The Morgan fingerprint density at radius 1 is 1.38 bits per heavy atom. The second kappa shape index (κ2) is 5.96. The zero-order valence-corrected chi connectivity index (χ0v) is 10.6. The number of aromatic nitrogens is 1. The number of unbranched alkanes of at least 4 members (excludes halogenated alkanes) is 1. The van der Waals surface area contributed by atoms with Crippen LogP contribution in [0.5, 0.6) is 0 Å². The first-order valence-corrected chi connectivity index (χ1v) is 7.01. The van der Waals surface area contributed by atoms with Gasteiger partial charge < -0.3 is 0 Å². The Morgan fingerprint density at radius 3 is 2.69 bits per heavy atom. The van der Waals surface area contributed by atoms with Gasteiger partial charge in [-0.05, 0) is 18.6 Å². The molecule has 1 aromatic heterocycles. The molecule has 0 saturated heterocycles. The third-order valence-electron chi connectivity index (χ3n) is 2.34. The number of hydrogen-bond acceptors (Lipinski definition) is 3. The largest absolute Gasteiger partial charge is 0.260 e. The molecule has 0 aliphatic rings. The maximum atomic E-state index is 11.8. The van der Waals surface area contributed by atoms with Crippen LogP contribution in [-0.4, -0.2) is 30.5 Å². The molecular formula is C11H18N2O2S. The summed E-state index contributed by atoms with van der Waals surface area (Å²) in [7, 11) is -1.53. The van der Waals surface area contributed by atoms with E-state index in [9.17, 15) is 8.42 Å². The van der Waals surface area contributed by atoms with Crippen LogP contribution in [0.4, 0.5) is 0 Å². The van der Waals surface area contributed by atoms with E-state index in [-0.39, 0.29) is 5.75 Å². The van der Waals surface area contributed by atoms with Crippen LogP contribution in [-0.2, 0) is 16.6 Å². The summed E-state index contributed by atoms with van der Waals surface area (Å²) in [5, 5.41) is 0. The van der Waals surface area contributed by atoms with Crippen LogP contribution < -0.4 is 0 Å². The molecule has 1 rings (SSSR count). The summed E-state index contributed by atoms with van der Waals surface area (Å²) in [6.07, 6.45) is 3.26. The third-order valence-corrected chi connectivity index (χ3v) is 4.22. The molecule has 16 heavy (non-hydrogen) atoms. The Hall–Kier alpha value is -0.940. The first-order valence-electron chi connectivity index (χ1n) is 5.40. The second-order valence-corrected chi connectivity index (χ2v) is 5.94. The number of pyridine rings is 1. The molecule has 0 spiro atoms. The zero-order valence-electron chi connectivity index (χ0n) is 9.76. The summed E-state index contributed by atoms with van der Waals surface area (Å²) in [5.74, 6) is 0.215. The molecule has 0 aliphatic carbocycles. The fourth-order valence-corrected chi connectivity index (χ4v) is 2.59. The lowest BCUT2D eigenvalue weighted by molar-refractivity contribution is 0.460. The van der Waals surface area contributed by atoms with Crippen molar-refractivity contribution in [3.05, 3.63) is 30.1 Å². The van der Waals surface area contributed by atoms with Gasteiger partial charge in [0.25, 0.3) is 0 Å². The van der Waals surface area contributed by atoms with Crippen LogP contribution in [0.2, 0.25) is 0 Å². The van der Waals surface area contributed by atoms with E-state index in [0.717, 1.165) is 12.1 Å². The maximum Gasteiger partial charge on any atom is 0.214 e. The highest BCUT2D eigenvalue weighted by Gasteiger charge is 2.17. The van der Waals surface area contributed by atoms with E-state index >= 15 is 0 Å². The van der Waals surface area contributed by atoms with E-state index in [1.807, 2.05) is 25.1 Å². The molecule has 0 fully saturated rings. The normalized spacial score (nSPS) is 11.9. The minimum atomic E-state index is -3.13. The Kier molecular flexibility index (Phi) is 4.89. The third kappa shape index (κ3) is 3.90. The van der Waals surface area contributed by atoms with Gasteiger partial charge in [-0.25, -0.2) is 8.42 Å². The minimum absolute atomic E-state index is 0.215. The number of rotatable bonds is 6. The molecule has 0 N–H and O–H groups in total. The summed E-state index contributed by atoms with van der Waals surface area (Å²) in [4.78, 5) is 4.11. The fraction of sp³-hybridized carbons (Fsp3) is 0.545. The number of nitrogens with zero attached hydrogens (tertiary/aromatic N) is 2. The van der Waals surface area contributed by atoms with Crippen molar-refractivity contribution >= 4 is 10.0 Å². The molecule has 0 bridgehead atoms. The molecule has 0 aromatic carbocycles. The molecule has 0 radical (unpaired) electrons. The highest BCUT2D eigenvalue weighted by atomic mass is 32.2. The van der Waals surface area contributed by atoms with E-state index in [4.69, 9.17) is 0 Å². The van der Waals surface area contributed by atoms with Gasteiger partial charge in [-0.3, -0.25) is 4.98 Å². The minimum Gasteiger partial charge on any atom is -0.260 e. The van der Waals surface area contributed by atoms with Crippen molar-refractivity contribution in [2.75, 3.05) is 12.8 Å². The van der Waals surface area contributed by atoms with Crippen LogP contribution in [0.15, 0.2) is 24.4 Å². The van der Waals surface area contributed by atoms with Crippen molar-refractivity contribution in [3.8, 4) is 0 Å². The summed E-state index contributed by atoms with van der Waals surface area (Å²) in [6, 6.07) is 5.50. The van der Waals surface area contributed by atoms with Crippen LogP contribution in [0, 0.1) is 0 Å². The average molecular weight is 242 g/mol. The molecular weight excluding hydrogens is 224 g/mol. The van der Waals surface area contributed by atoms with E-state index in [1.165, 1.54) is 4.31 Å². The predicted molar refractivity (Wildman–Crippen MR) is 64.4 cm³/mol. The Bertz CT molecular complexity index is 403. The van der Waals surface area contributed by atoms with Crippen LogP contribution >= 0.6 is 0 Å². The average Bonchev–Trinajstić information content (AvgIpc) is 2.28. The Balaban J connectivity index is 2.61. The van der Waals surface area contributed by atoms with Crippen molar-refractivity contribution in [1.29, 1.82) is 0 Å². The van der Waals surface area contributed by atoms with E-state index in [0.29, 0.717) is 13.0 Å². The molecule has 0 aliphatic heterocycles. The topological polar surface area (TPSA) is 50.3 Å². The molecule has 1 heterocycles. The zero-order chi connectivity index (χ0) is 12.0. The van der Waals surface area contributed by atoms with Gasteiger partial charge in [-0.15, -0.1) is 0 Å². The first kappa shape index (κ1) is 13.1. The number of sulfonamides is 1. The molecule has 0 amide bonds. The van der Waals surface area contributed by atoms with Crippen LogP contribution in [0.25, 0.3) is 0 Å².